The Labute approximate surface area is 136 Å². The van der Waals surface area contributed by atoms with Crippen molar-refractivity contribution in [1.82, 2.24) is 4.68 Å². The molecular weight excluding hydrogens is 280 g/mol. The van der Waals surface area contributed by atoms with Crippen molar-refractivity contribution in [3.8, 4) is 16.8 Å². The maximum absolute atomic E-state index is 4.43. The monoisotopic (exact) mass is 299 g/mol. The van der Waals surface area contributed by atoms with Crippen LogP contribution < -0.4 is 4.68 Å². The Morgan fingerprint density at radius 3 is 2.70 bits per heavy atom. The summed E-state index contributed by atoms with van der Waals surface area (Å²) in [7, 11) is 0. The highest BCUT2D eigenvalue weighted by atomic mass is 15.4. The molecule has 1 unspecified atom stereocenters. The van der Waals surface area contributed by atoms with Crippen LogP contribution in [0.25, 0.3) is 22.5 Å². The lowest BCUT2D eigenvalue weighted by atomic mass is 9.72. The van der Waals surface area contributed by atoms with Crippen LogP contribution in [0.1, 0.15) is 24.6 Å². The van der Waals surface area contributed by atoms with Gasteiger partial charge in [-0.3, -0.25) is 0 Å². The second-order valence-corrected chi connectivity index (χ2v) is 6.62. The minimum Gasteiger partial charge on any atom is -0.123 e. The van der Waals surface area contributed by atoms with E-state index in [1.807, 2.05) is 0 Å². The van der Waals surface area contributed by atoms with Crippen LogP contribution in [0.4, 0.5) is 0 Å². The van der Waals surface area contributed by atoms with Gasteiger partial charge in [0, 0.05) is 24.1 Å². The fourth-order valence-electron chi connectivity index (χ4n) is 4.38. The second-order valence-electron chi connectivity index (χ2n) is 6.62. The molecular formula is C21H19N2+. The van der Waals surface area contributed by atoms with Crippen molar-refractivity contribution in [3.63, 3.8) is 0 Å². The van der Waals surface area contributed by atoms with E-state index in [0.717, 1.165) is 12.8 Å². The summed E-state index contributed by atoms with van der Waals surface area (Å²) in [6.07, 6.45) is 4.32. The molecule has 2 heteroatoms. The van der Waals surface area contributed by atoms with E-state index in [4.69, 9.17) is 0 Å². The molecule has 2 aliphatic heterocycles. The lowest BCUT2D eigenvalue weighted by Gasteiger charge is -2.31. The third kappa shape index (κ3) is 1.46. The number of hydrogen-bond donors (Lipinski definition) is 0. The van der Waals surface area contributed by atoms with Gasteiger partial charge in [-0.1, -0.05) is 60.6 Å². The molecule has 1 aromatic heterocycles. The summed E-state index contributed by atoms with van der Waals surface area (Å²) in [6.45, 7) is 6.71. The van der Waals surface area contributed by atoms with Crippen LogP contribution in [0.5, 0.6) is 0 Å². The SMILES string of the molecule is C=C1n2c3cc[n+]2-c2cc(-c4ccccc4)ccc2C1(CC)C3. The maximum atomic E-state index is 4.43. The number of benzene rings is 2. The van der Waals surface area contributed by atoms with Gasteiger partial charge in [0.05, 0.1) is 16.8 Å². The van der Waals surface area contributed by atoms with E-state index in [1.165, 1.54) is 33.8 Å². The molecule has 5 rings (SSSR count). The highest BCUT2D eigenvalue weighted by molar-refractivity contribution is 5.72. The van der Waals surface area contributed by atoms with Gasteiger partial charge in [0.15, 0.2) is 0 Å². The molecule has 23 heavy (non-hydrogen) atoms. The first-order chi connectivity index (χ1) is 11.2. The van der Waals surface area contributed by atoms with Gasteiger partial charge < -0.3 is 0 Å². The Hall–Kier alpha value is -2.61. The van der Waals surface area contributed by atoms with E-state index in [9.17, 15) is 0 Å². The van der Waals surface area contributed by atoms with Gasteiger partial charge in [-0.15, -0.1) is 4.68 Å². The maximum Gasteiger partial charge on any atom is 0.240 e. The molecule has 0 saturated heterocycles. The van der Waals surface area contributed by atoms with E-state index in [0.29, 0.717) is 0 Å². The number of allylic oxidation sites excluding steroid dienone is 1. The Morgan fingerprint density at radius 1 is 1.09 bits per heavy atom. The summed E-state index contributed by atoms with van der Waals surface area (Å²) in [4.78, 5) is 0. The van der Waals surface area contributed by atoms with Crippen LogP contribution in [-0.2, 0) is 11.8 Å². The van der Waals surface area contributed by atoms with Crippen molar-refractivity contribution in [2.45, 2.75) is 25.2 Å². The first kappa shape index (κ1) is 12.9. The van der Waals surface area contributed by atoms with Crippen LogP contribution in [0.3, 0.4) is 0 Å². The molecule has 3 aromatic rings. The summed E-state index contributed by atoms with van der Waals surface area (Å²) >= 11 is 0. The van der Waals surface area contributed by atoms with Crippen molar-refractivity contribution in [2.24, 2.45) is 0 Å². The topological polar surface area (TPSA) is 8.81 Å². The molecule has 2 aliphatic rings. The number of aromatic nitrogens is 2. The van der Waals surface area contributed by atoms with Crippen LogP contribution in [-0.4, -0.2) is 4.68 Å². The normalized spacial score (nSPS) is 20.7. The number of fused-ring (bicyclic) bond motifs is 4. The van der Waals surface area contributed by atoms with Crippen molar-refractivity contribution >= 4 is 5.70 Å². The van der Waals surface area contributed by atoms with Crippen molar-refractivity contribution < 1.29 is 4.68 Å². The van der Waals surface area contributed by atoms with Crippen molar-refractivity contribution in [1.29, 1.82) is 0 Å². The molecule has 0 fully saturated rings. The zero-order valence-electron chi connectivity index (χ0n) is 13.3. The van der Waals surface area contributed by atoms with Gasteiger partial charge in [-0.25, -0.2) is 0 Å². The van der Waals surface area contributed by atoms with Crippen molar-refractivity contribution in [3.05, 3.63) is 78.6 Å². The molecule has 0 N–H and O–H groups in total. The molecule has 2 bridgehead atoms. The van der Waals surface area contributed by atoms with E-state index in [1.54, 1.807) is 0 Å². The van der Waals surface area contributed by atoms with E-state index >= 15 is 0 Å². The smallest absolute Gasteiger partial charge is 0.123 e. The van der Waals surface area contributed by atoms with Gasteiger partial charge >= 0.3 is 0 Å². The summed E-state index contributed by atoms with van der Waals surface area (Å²) in [6, 6.07) is 19.7. The Bertz CT molecular complexity index is 949. The number of rotatable bonds is 2. The van der Waals surface area contributed by atoms with E-state index in [2.05, 4.69) is 83.7 Å². The zero-order chi connectivity index (χ0) is 15.6. The number of hydrogen-bond acceptors (Lipinski definition) is 0. The predicted octanol–water partition coefficient (Wildman–Crippen LogP) is 4.12. The third-order valence-electron chi connectivity index (χ3n) is 5.66. The van der Waals surface area contributed by atoms with Gasteiger partial charge in [-0.2, -0.15) is 0 Å². The summed E-state index contributed by atoms with van der Waals surface area (Å²) in [5.41, 5.74) is 7.91. The molecule has 0 saturated carbocycles. The van der Waals surface area contributed by atoms with Crippen LogP contribution in [0.15, 0.2) is 67.4 Å². The molecule has 0 aliphatic carbocycles. The Morgan fingerprint density at radius 2 is 1.91 bits per heavy atom. The van der Waals surface area contributed by atoms with E-state index < -0.39 is 0 Å². The number of nitrogens with zero attached hydrogens (tertiary/aromatic N) is 2. The minimum atomic E-state index is 0.0706. The van der Waals surface area contributed by atoms with Gasteiger partial charge in [0.25, 0.3) is 0 Å². The van der Waals surface area contributed by atoms with Gasteiger partial charge in [-0.05, 0) is 17.5 Å². The first-order valence-electron chi connectivity index (χ1n) is 8.27. The third-order valence-corrected chi connectivity index (χ3v) is 5.66. The largest absolute Gasteiger partial charge is 0.240 e. The zero-order valence-corrected chi connectivity index (χ0v) is 13.3. The molecule has 0 amide bonds. The van der Waals surface area contributed by atoms with Gasteiger partial charge in [0.2, 0.25) is 11.9 Å². The first-order valence-corrected chi connectivity index (χ1v) is 8.27. The van der Waals surface area contributed by atoms with E-state index in [-0.39, 0.29) is 5.41 Å². The van der Waals surface area contributed by atoms with Crippen molar-refractivity contribution in [2.75, 3.05) is 0 Å². The molecule has 2 aromatic carbocycles. The standard InChI is InChI=1S/C21H19N2/c1-3-21-14-18-11-12-22(23(18)15(21)2)20-13-17(9-10-19(20)21)16-7-5-4-6-8-16/h4-13H,2-3,14H2,1H3/q+1. The molecule has 0 radical (unpaired) electrons. The average Bonchev–Trinajstić information content (AvgIpc) is 3.10. The molecule has 1 atom stereocenters. The lowest BCUT2D eigenvalue weighted by molar-refractivity contribution is -0.675. The molecule has 3 heterocycles. The Balaban J connectivity index is 1.80. The average molecular weight is 299 g/mol. The molecule has 2 nitrogen and oxygen atoms in total. The van der Waals surface area contributed by atoms with Crippen LogP contribution >= 0.6 is 0 Å². The predicted molar refractivity (Wildman–Crippen MR) is 92.4 cm³/mol. The van der Waals surface area contributed by atoms with Crippen LogP contribution in [0.2, 0.25) is 0 Å². The lowest BCUT2D eigenvalue weighted by Crippen LogP contribution is -2.47. The highest BCUT2D eigenvalue weighted by Crippen LogP contribution is 2.49. The fraction of sp³-hybridized carbons (Fsp3) is 0.190. The van der Waals surface area contributed by atoms with Crippen LogP contribution in [0, 0.1) is 0 Å². The summed E-state index contributed by atoms with van der Waals surface area (Å²) in [5.74, 6) is 0. The summed E-state index contributed by atoms with van der Waals surface area (Å²) in [5, 5.41) is 0. The highest BCUT2D eigenvalue weighted by Gasteiger charge is 2.52. The summed E-state index contributed by atoms with van der Waals surface area (Å²) < 4.78 is 4.57. The van der Waals surface area contributed by atoms with Gasteiger partial charge in [0.1, 0.15) is 0 Å². The molecule has 112 valence electrons. The minimum absolute atomic E-state index is 0.0706. The second kappa shape index (κ2) is 4.23. The quantitative estimate of drug-likeness (QED) is 0.629. The molecule has 0 spiro atoms. The fourth-order valence-corrected chi connectivity index (χ4v) is 4.38. The Kier molecular flexibility index (Phi) is 2.37.